The molecule has 5 nitrogen and oxygen atoms in total. The molecule has 5 rings (SSSR count). The second-order valence-corrected chi connectivity index (χ2v) is 9.85. The van der Waals surface area contributed by atoms with Crippen molar-refractivity contribution >= 4 is 5.97 Å². The van der Waals surface area contributed by atoms with Crippen molar-refractivity contribution in [2.75, 3.05) is 6.61 Å². The quantitative estimate of drug-likeness (QED) is 0.241. The van der Waals surface area contributed by atoms with Gasteiger partial charge in [-0.2, -0.15) is 0 Å². The molecule has 1 atom stereocenters. The number of rotatable bonds is 10. The summed E-state index contributed by atoms with van der Waals surface area (Å²) in [5.74, 6) is 0.679. The van der Waals surface area contributed by atoms with Gasteiger partial charge in [-0.15, -0.1) is 0 Å². The predicted molar refractivity (Wildman–Crippen MR) is 144 cm³/mol. The Morgan fingerprint density at radius 1 is 0.973 bits per heavy atom. The Morgan fingerprint density at radius 2 is 1.59 bits per heavy atom. The number of carbonyl (C=O) groups excluding carboxylic acids is 1. The van der Waals surface area contributed by atoms with Gasteiger partial charge in [0.25, 0.3) is 0 Å². The van der Waals surface area contributed by atoms with Gasteiger partial charge in [0.2, 0.25) is 0 Å². The molecule has 0 bridgehead atoms. The van der Waals surface area contributed by atoms with Gasteiger partial charge in [-0.1, -0.05) is 84.0 Å². The van der Waals surface area contributed by atoms with Crippen molar-refractivity contribution in [2.45, 2.75) is 57.5 Å². The van der Waals surface area contributed by atoms with Crippen LogP contribution in [0.5, 0.6) is 0 Å². The molecule has 4 aromatic rings. The Hall–Kier alpha value is -3.70. The summed E-state index contributed by atoms with van der Waals surface area (Å²) in [5.41, 5.74) is 6.69. The summed E-state index contributed by atoms with van der Waals surface area (Å²) >= 11 is 0. The van der Waals surface area contributed by atoms with Gasteiger partial charge in [0.1, 0.15) is 0 Å². The van der Waals surface area contributed by atoms with Gasteiger partial charge >= 0.3 is 5.97 Å². The van der Waals surface area contributed by atoms with E-state index in [0.717, 1.165) is 70.5 Å². The number of hydrogen-bond acceptors (Lipinski definition) is 5. The minimum atomic E-state index is -0.470. The first-order valence-corrected chi connectivity index (χ1v) is 13.1. The Morgan fingerprint density at radius 3 is 2.22 bits per heavy atom. The number of aliphatic hydroxyl groups excluding tert-OH is 1. The van der Waals surface area contributed by atoms with Gasteiger partial charge in [0.15, 0.2) is 5.76 Å². The van der Waals surface area contributed by atoms with Gasteiger partial charge in [0, 0.05) is 11.1 Å². The van der Waals surface area contributed by atoms with E-state index in [-0.39, 0.29) is 5.97 Å². The first kappa shape index (κ1) is 25.0. The molecule has 1 aliphatic rings. The molecule has 1 aromatic heterocycles. The first-order chi connectivity index (χ1) is 18.0. The molecule has 3 aromatic carbocycles. The smallest absolute Gasteiger partial charge is 0.316 e. The van der Waals surface area contributed by atoms with Crippen LogP contribution in [0.2, 0.25) is 0 Å². The molecular formula is C32H33NO4. The van der Waals surface area contributed by atoms with E-state index < -0.39 is 11.5 Å². The van der Waals surface area contributed by atoms with Gasteiger partial charge in [-0.05, 0) is 68.2 Å². The van der Waals surface area contributed by atoms with Gasteiger partial charge in [0.05, 0.1) is 23.8 Å². The second-order valence-electron chi connectivity index (χ2n) is 9.85. The molecule has 0 aliphatic heterocycles. The molecule has 0 amide bonds. The zero-order valence-corrected chi connectivity index (χ0v) is 21.4. The summed E-state index contributed by atoms with van der Waals surface area (Å²) in [6.45, 7) is 4.22. The number of aliphatic hydroxyl groups is 1. The van der Waals surface area contributed by atoms with Crippen molar-refractivity contribution in [3.05, 3.63) is 101 Å². The molecule has 5 heteroatoms. The molecular weight excluding hydrogens is 462 g/mol. The fourth-order valence-electron chi connectivity index (χ4n) is 5.02. The first-order valence-electron chi connectivity index (χ1n) is 13.1. The van der Waals surface area contributed by atoms with E-state index in [2.05, 4.69) is 53.7 Å². The van der Waals surface area contributed by atoms with Gasteiger partial charge in [-0.3, -0.25) is 4.79 Å². The Bertz CT molecular complexity index is 1340. The Labute approximate surface area is 218 Å². The number of hydrogen-bond donors (Lipinski definition) is 1. The highest BCUT2D eigenvalue weighted by Crippen LogP contribution is 2.49. The fraction of sp³-hybridized carbons (Fsp3) is 0.312. The lowest BCUT2D eigenvalue weighted by molar-refractivity contribution is -0.146. The topological polar surface area (TPSA) is 72.6 Å². The summed E-state index contributed by atoms with van der Waals surface area (Å²) in [6, 6.07) is 26.3. The minimum Gasteiger partial charge on any atom is -0.465 e. The Balaban J connectivity index is 1.26. The van der Waals surface area contributed by atoms with Crippen LogP contribution in [0.1, 0.15) is 61.1 Å². The normalized spacial score (nSPS) is 14.8. The third kappa shape index (κ3) is 5.23. The van der Waals surface area contributed by atoms with Crippen molar-refractivity contribution < 1.29 is 19.2 Å². The fourth-order valence-corrected chi connectivity index (χ4v) is 5.02. The third-order valence-corrected chi connectivity index (χ3v) is 7.41. The number of aromatic nitrogens is 1. The van der Waals surface area contributed by atoms with E-state index in [0.29, 0.717) is 13.0 Å². The SMILES string of the molecule is CCOC(=O)C1(c2ccc(-c3ccc(-c4onc(C)c4CCCC(O)c4ccccc4)cc3)cc2)CC1. The van der Waals surface area contributed by atoms with E-state index in [4.69, 9.17) is 9.26 Å². The van der Waals surface area contributed by atoms with Crippen molar-refractivity contribution in [2.24, 2.45) is 0 Å². The molecule has 1 heterocycles. The zero-order valence-electron chi connectivity index (χ0n) is 21.4. The van der Waals surface area contributed by atoms with E-state index in [1.807, 2.05) is 44.2 Å². The number of esters is 1. The predicted octanol–water partition coefficient (Wildman–Crippen LogP) is 6.97. The van der Waals surface area contributed by atoms with Crippen molar-refractivity contribution in [1.29, 1.82) is 0 Å². The van der Waals surface area contributed by atoms with Crippen molar-refractivity contribution in [3.63, 3.8) is 0 Å². The highest BCUT2D eigenvalue weighted by molar-refractivity contribution is 5.87. The molecule has 0 spiro atoms. The van der Waals surface area contributed by atoms with E-state index >= 15 is 0 Å². The van der Waals surface area contributed by atoms with E-state index in [1.54, 1.807) is 0 Å². The average Bonchev–Trinajstić information content (AvgIpc) is 3.68. The van der Waals surface area contributed by atoms with Gasteiger partial charge in [-0.25, -0.2) is 0 Å². The Kier molecular flexibility index (Phi) is 7.24. The summed E-state index contributed by atoms with van der Waals surface area (Å²) in [6.07, 6.45) is 3.54. The van der Waals surface area contributed by atoms with Crippen LogP contribution in [0.25, 0.3) is 22.5 Å². The molecule has 1 unspecified atom stereocenters. The van der Waals surface area contributed by atoms with Crippen LogP contribution in [0.15, 0.2) is 83.4 Å². The van der Waals surface area contributed by atoms with Gasteiger partial charge < -0.3 is 14.4 Å². The summed E-state index contributed by atoms with van der Waals surface area (Å²) < 4.78 is 11.0. The minimum absolute atomic E-state index is 0.111. The maximum Gasteiger partial charge on any atom is 0.316 e. The maximum atomic E-state index is 12.4. The van der Waals surface area contributed by atoms with Crippen molar-refractivity contribution in [3.8, 4) is 22.5 Å². The van der Waals surface area contributed by atoms with Crippen LogP contribution in [0, 0.1) is 6.92 Å². The molecule has 0 radical (unpaired) electrons. The largest absolute Gasteiger partial charge is 0.465 e. The maximum absolute atomic E-state index is 12.4. The van der Waals surface area contributed by atoms with Crippen LogP contribution in [0.4, 0.5) is 0 Å². The highest BCUT2D eigenvalue weighted by atomic mass is 16.5. The molecule has 1 aliphatic carbocycles. The number of ether oxygens (including phenoxy) is 1. The molecule has 190 valence electrons. The molecule has 1 saturated carbocycles. The average molecular weight is 496 g/mol. The standard InChI is InChI=1S/C32H33NO4/c1-3-36-31(35)32(20-21-32)27-18-16-24(17-19-27)23-12-14-26(15-13-23)30-28(22(2)33-37-30)10-7-11-29(34)25-8-5-4-6-9-25/h4-6,8-9,12-19,29,34H,3,7,10-11,20-21H2,1-2H3. The number of aryl methyl sites for hydroxylation is 1. The summed E-state index contributed by atoms with van der Waals surface area (Å²) in [4.78, 5) is 12.4. The van der Waals surface area contributed by atoms with Crippen LogP contribution < -0.4 is 0 Å². The van der Waals surface area contributed by atoms with Crippen LogP contribution in [0.3, 0.4) is 0 Å². The van der Waals surface area contributed by atoms with Crippen LogP contribution in [-0.4, -0.2) is 22.8 Å². The lowest BCUT2D eigenvalue weighted by Gasteiger charge is -2.14. The lowest BCUT2D eigenvalue weighted by Crippen LogP contribution is -2.23. The summed E-state index contributed by atoms with van der Waals surface area (Å²) in [5, 5.41) is 14.7. The number of nitrogens with zero attached hydrogens (tertiary/aromatic N) is 1. The molecule has 37 heavy (non-hydrogen) atoms. The number of benzene rings is 3. The molecule has 0 saturated heterocycles. The molecule has 1 N–H and O–H groups in total. The molecule has 1 fully saturated rings. The van der Waals surface area contributed by atoms with Crippen LogP contribution in [-0.2, 0) is 21.4 Å². The van der Waals surface area contributed by atoms with Crippen LogP contribution >= 0.6 is 0 Å². The van der Waals surface area contributed by atoms with E-state index in [1.165, 1.54) is 0 Å². The summed E-state index contributed by atoms with van der Waals surface area (Å²) in [7, 11) is 0. The highest BCUT2D eigenvalue weighted by Gasteiger charge is 2.52. The monoisotopic (exact) mass is 495 g/mol. The lowest BCUT2D eigenvalue weighted by atomic mass is 9.93. The third-order valence-electron chi connectivity index (χ3n) is 7.41. The van der Waals surface area contributed by atoms with Crippen molar-refractivity contribution in [1.82, 2.24) is 5.16 Å². The second kappa shape index (κ2) is 10.7. The van der Waals surface area contributed by atoms with E-state index in [9.17, 15) is 9.90 Å². The number of carbonyl (C=O) groups is 1. The zero-order chi connectivity index (χ0) is 25.8.